The highest BCUT2D eigenvalue weighted by molar-refractivity contribution is 6.31. The van der Waals surface area contributed by atoms with Crippen LogP contribution in [0.5, 0.6) is 0 Å². The molecule has 0 bridgehead atoms. The molecular formula is C15H23ClN2O. The number of hydrogen-bond acceptors (Lipinski definition) is 3. The zero-order valence-corrected chi connectivity index (χ0v) is 12.9. The van der Waals surface area contributed by atoms with E-state index in [2.05, 4.69) is 38.7 Å². The van der Waals surface area contributed by atoms with Crippen molar-refractivity contribution in [3.05, 3.63) is 28.8 Å². The summed E-state index contributed by atoms with van der Waals surface area (Å²) in [4.78, 5) is 2.33. The Morgan fingerprint density at radius 3 is 2.26 bits per heavy atom. The monoisotopic (exact) mass is 282 g/mol. The second kappa shape index (κ2) is 4.97. The van der Waals surface area contributed by atoms with E-state index in [0.717, 1.165) is 29.4 Å². The SMILES string of the molecule is CC1(C)CN(c2ccc(CN)c(Cl)c2)CC(C)(C)O1. The van der Waals surface area contributed by atoms with Crippen LogP contribution in [0.4, 0.5) is 5.69 Å². The first-order chi connectivity index (χ1) is 8.72. The maximum Gasteiger partial charge on any atom is 0.0808 e. The average molecular weight is 283 g/mol. The van der Waals surface area contributed by atoms with Gasteiger partial charge in [0.2, 0.25) is 0 Å². The molecule has 1 aliphatic rings. The molecule has 1 fully saturated rings. The van der Waals surface area contributed by atoms with Gasteiger partial charge in [0.25, 0.3) is 0 Å². The molecule has 1 aromatic rings. The van der Waals surface area contributed by atoms with Gasteiger partial charge >= 0.3 is 0 Å². The van der Waals surface area contributed by atoms with Crippen molar-refractivity contribution < 1.29 is 4.74 Å². The molecule has 2 rings (SSSR count). The zero-order chi connectivity index (χ0) is 14.3. The van der Waals surface area contributed by atoms with E-state index in [1.54, 1.807) is 0 Å². The van der Waals surface area contributed by atoms with Crippen molar-refractivity contribution in [2.45, 2.75) is 45.4 Å². The van der Waals surface area contributed by atoms with Crippen molar-refractivity contribution in [2.24, 2.45) is 5.73 Å². The van der Waals surface area contributed by atoms with Crippen molar-refractivity contribution >= 4 is 17.3 Å². The second-order valence-corrected chi connectivity index (χ2v) is 6.86. The average Bonchev–Trinajstić information content (AvgIpc) is 2.24. The van der Waals surface area contributed by atoms with Gasteiger partial charge in [-0.2, -0.15) is 0 Å². The largest absolute Gasteiger partial charge is 0.366 e. The summed E-state index contributed by atoms with van der Waals surface area (Å²) >= 11 is 6.25. The Balaban J connectivity index is 2.28. The van der Waals surface area contributed by atoms with Crippen LogP contribution >= 0.6 is 11.6 Å². The molecule has 0 atom stereocenters. The van der Waals surface area contributed by atoms with E-state index in [0.29, 0.717) is 6.54 Å². The molecule has 1 aliphatic heterocycles. The van der Waals surface area contributed by atoms with Crippen LogP contribution in [0.3, 0.4) is 0 Å². The highest BCUT2D eigenvalue weighted by atomic mass is 35.5. The minimum absolute atomic E-state index is 0.166. The van der Waals surface area contributed by atoms with Gasteiger partial charge < -0.3 is 15.4 Å². The minimum atomic E-state index is -0.166. The molecule has 0 aromatic heterocycles. The fraction of sp³-hybridized carbons (Fsp3) is 0.600. The maximum absolute atomic E-state index is 6.25. The van der Waals surface area contributed by atoms with Crippen LogP contribution in [0.2, 0.25) is 5.02 Å². The Bertz CT molecular complexity index is 455. The van der Waals surface area contributed by atoms with E-state index < -0.39 is 0 Å². The van der Waals surface area contributed by atoms with Gasteiger partial charge in [-0.3, -0.25) is 0 Å². The van der Waals surface area contributed by atoms with Gasteiger partial charge in [0, 0.05) is 30.3 Å². The normalized spacial score (nSPS) is 21.5. The van der Waals surface area contributed by atoms with Gasteiger partial charge in [0.1, 0.15) is 0 Å². The summed E-state index contributed by atoms with van der Waals surface area (Å²) in [5, 5.41) is 0.738. The summed E-state index contributed by atoms with van der Waals surface area (Å²) in [6.45, 7) is 10.7. The zero-order valence-electron chi connectivity index (χ0n) is 12.2. The van der Waals surface area contributed by atoms with E-state index in [4.69, 9.17) is 22.1 Å². The number of hydrogen-bond donors (Lipinski definition) is 1. The van der Waals surface area contributed by atoms with Gasteiger partial charge in [-0.25, -0.2) is 0 Å². The molecule has 0 radical (unpaired) electrons. The van der Waals surface area contributed by atoms with Gasteiger partial charge in [-0.1, -0.05) is 17.7 Å². The third-order valence-electron chi connectivity index (χ3n) is 3.32. The number of benzene rings is 1. The maximum atomic E-state index is 6.25. The fourth-order valence-corrected chi connectivity index (χ4v) is 3.12. The van der Waals surface area contributed by atoms with E-state index in [9.17, 15) is 0 Å². The third kappa shape index (κ3) is 3.41. The molecule has 3 nitrogen and oxygen atoms in total. The van der Waals surface area contributed by atoms with Crippen LogP contribution in [0.15, 0.2) is 18.2 Å². The van der Waals surface area contributed by atoms with E-state index in [1.807, 2.05) is 12.1 Å². The summed E-state index contributed by atoms with van der Waals surface area (Å²) in [5.41, 5.74) is 7.43. The topological polar surface area (TPSA) is 38.5 Å². The summed E-state index contributed by atoms with van der Waals surface area (Å²) < 4.78 is 6.09. The summed E-state index contributed by atoms with van der Waals surface area (Å²) in [6, 6.07) is 6.10. The molecular weight excluding hydrogens is 260 g/mol. The number of nitrogens with two attached hydrogens (primary N) is 1. The quantitative estimate of drug-likeness (QED) is 0.905. The number of halogens is 1. The molecule has 19 heavy (non-hydrogen) atoms. The molecule has 1 heterocycles. The highest BCUT2D eigenvalue weighted by Gasteiger charge is 2.38. The lowest BCUT2D eigenvalue weighted by Crippen LogP contribution is -2.57. The van der Waals surface area contributed by atoms with Gasteiger partial charge in [-0.05, 0) is 45.4 Å². The van der Waals surface area contributed by atoms with Crippen molar-refractivity contribution in [2.75, 3.05) is 18.0 Å². The molecule has 0 saturated carbocycles. The lowest BCUT2D eigenvalue weighted by Gasteiger charge is -2.48. The molecule has 106 valence electrons. The van der Waals surface area contributed by atoms with Crippen LogP contribution in [0.1, 0.15) is 33.3 Å². The van der Waals surface area contributed by atoms with E-state index in [-0.39, 0.29) is 11.2 Å². The van der Waals surface area contributed by atoms with Gasteiger partial charge in [-0.15, -0.1) is 0 Å². The smallest absolute Gasteiger partial charge is 0.0808 e. The predicted octanol–water partition coefficient (Wildman–Crippen LogP) is 3.19. The molecule has 0 aliphatic carbocycles. The second-order valence-electron chi connectivity index (χ2n) is 6.46. The molecule has 1 saturated heterocycles. The summed E-state index contributed by atoms with van der Waals surface area (Å²) in [5.74, 6) is 0. The standard InChI is InChI=1S/C15H23ClN2O/c1-14(2)9-18(10-15(3,4)19-14)12-6-5-11(8-17)13(16)7-12/h5-7H,8-10,17H2,1-4H3. The van der Waals surface area contributed by atoms with E-state index in [1.165, 1.54) is 0 Å². The first-order valence-corrected chi connectivity index (χ1v) is 7.04. The predicted molar refractivity (Wildman–Crippen MR) is 80.8 cm³/mol. The third-order valence-corrected chi connectivity index (χ3v) is 3.67. The van der Waals surface area contributed by atoms with Crippen LogP contribution in [0, 0.1) is 0 Å². The number of ether oxygens (including phenoxy) is 1. The lowest BCUT2D eigenvalue weighted by molar-refractivity contribution is -0.133. The molecule has 0 unspecified atom stereocenters. The first-order valence-electron chi connectivity index (χ1n) is 6.66. The molecule has 1 aromatic carbocycles. The molecule has 4 heteroatoms. The van der Waals surface area contributed by atoms with Crippen molar-refractivity contribution in [1.82, 2.24) is 0 Å². The Labute approximate surface area is 120 Å². The van der Waals surface area contributed by atoms with Gasteiger partial charge in [0.05, 0.1) is 11.2 Å². The number of rotatable bonds is 2. The van der Waals surface area contributed by atoms with Crippen LogP contribution in [0.25, 0.3) is 0 Å². The molecule has 0 amide bonds. The van der Waals surface area contributed by atoms with Crippen molar-refractivity contribution in [1.29, 1.82) is 0 Å². The Morgan fingerprint density at radius 2 is 1.79 bits per heavy atom. The highest BCUT2D eigenvalue weighted by Crippen LogP contribution is 2.33. The molecule has 0 spiro atoms. The molecule has 2 N–H and O–H groups in total. The van der Waals surface area contributed by atoms with Crippen LogP contribution in [-0.2, 0) is 11.3 Å². The Morgan fingerprint density at radius 1 is 1.21 bits per heavy atom. The number of anilines is 1. The van der Waals surface area contributed by atoms with Crippen LogP contribution < -0.4 is 10.6 Å². The summed E-state index contributed by atoms with van der Waals surface area (Å²) in [6.07, 6.45) is 0. The number of nitrogens with zero attached hydrogens (tertiary/aromatic N) is 1. The number of morpholine rings is 1. The minimum Gasteiger partial charge on any atom is -0.366 e. The fourth-order valence-electron chi connectivity index (χ4n) is 2.87. The van der Waals surface area contributed by atoms with Crippen LogP contribution in [-0.4, -0.2) is 24.3 Å². The lowest BCUT2D eigenvalue weighted by atomic mass is 9.98. The van der Waals surface area contributed by atoms with E-state index >= 15 is 0 Å². The Hall–Kier alpha value is -0.770. The van der Waals surface area contributed by atoms with Crippen molar-refractivity contribution in [3.63, 3.8) is 0 Å². The Kier molecular flexibility index (Phi) is 3.83. The van der Waals surface area contributed by atoms with Gasteiger partial charge in [0.15, 0.2) is 0 Å². The summed E-state index contributed by atoms with van der Waals surface area (Å²) in [7, 11) is 0. The van der Waals surface area contributed by atoms with Crippen molar-refractivity contribution in [3.8, 4) is 0 Å². The first kappa shape index (κ1) is 14.6.